The van der Waals surface area contributed by atoms with Crippen LogP contribution in [0.25, 0.3) is 0 Å². The third-order valence-corrected chi connectivity index (χ3v) is 4.14. The number of hydrogen-bond donors (Lipinski definition) is 0. The molecule has 0 heterocycles. The molecule has 0 radical (unpaired) electrons. The maximum Gasteiger partial charge on any atom is 0.172 e. The molecule has 0 aliphatic rings. The fourth-order valence-electron chi connectivity index (χ4n) is 2.12. The molecular formula is C16H33B. The fraction of sp³-hybridized carbons (Fsp3) is 0.875. The molecule has 0 amide bonds. The average Bonchev–Trinajstić information content (AvgIpc) is 2.15. The van der Waals surface area contributed by atoms with E-state index < -0.39 is 0 Å². The minimum Gasteiger partial charge on any atom is -0.118 e. The van der Waals surface area contributed by atoms with Crippen molar-refractivity contribution in [3.63, 3.8) is 0 Å². The second-order valence-corrected chi connectivity index (χ2v) is 7.51. The molecule has 0 bridgehead atoms. The van der Waals surface area contributed by atoms with Crippen molar-refractivity contribution in [3.8, 4) is 0 Å². The first-order chi connectivity index (χ1) is 7.56. The van der Waals surface area contributed by atoms with Crippen LogP contribution in [-0.2, 0) is 0 Å². The average molecular weight is 236 g/mol. The second kappa shape index (κ2) is 6.66. The smallest absolute Gasteiger partial charge is 0.118 e. The van der Waals surface area contributed by atoms with E-state index in [-0.39, 0.29) is 0 Å². The van der Waals surface area contributed by atoms with Gasteiger partial charge in [-0.2, -0.15) is 0 Å². The van der Waals surface area contributed by atoms with Crippen molar-refractivity contribution in [1.29, 1.82) is 0 Å². The lowest BCUT2D eigenvalue weighted by Gasteiger charge is -2.30. The Morgan fingerprint density at radius 2 is 1.12 bits per heavy atom. The summed E-state index contributed by atoms with van der Waals surface area (Å²) in [4.78, 5) is 0. The highest BCUT2D eigenvalue weighted by molar-refractivity contribution is 6.67. The van der Waals surface area contributed by atoms with Gasteiger partial charge >= 0.3 is 0 Å². The van der Waals surface area contributed by atoms with Crippen LogP contribution in [0.4, 0.5) is 0 Å². The van der Waals surface area contributed by atoms with Crippen LogP contribution >= 0.6 is 0 Å². The summed E-state index contributed by atoms with van der Waals surface area (Å²) in [6.07, 6.45) is 2.40. The molecule has 17 heavy (non-hydrogen) atoms. The third-order valence-electron chi connectivity index (χ3n) is 4.14. The summed E-state index contributed by atoms with van der Waals surface area (Å²) in [5, 5.41) is 0. The van der Waals surface area contributed by atoms with Crippen molar-refractivity contribution in [2.45, 2.75) is 73.9 Å². The minimum absolute atomic E-state index is 0.297. The summed E-state index contributed by atoms with van der Waals surface area (Å²) in [7, 11) is 0. The van der Waals surface area contributed by atoms with Crippen LogP contribution < -0.4 is 0 Å². The van der Waals surface area contributed by atoms with Gasteiger partial charge in [0.2, 0.25) is 0 Å². The van der Waals surface area contributed by atoms with E-state index in [0.717, 1.165) is 23.5 Å². The molecule has 0 rings (SSSR count). The Balaban J connectivity index is 4.93. The zero-order valence-electron chi connectivity index (χ0n) is 13.5. The number of rotatable bonds is 5. The Hall–Kier alpha value is -0.195. The molecule has 0 aliphatic heterocycles. The van der Waals surface area contributed by atoms with Gasteiger partial charge in [-0.3, -0.25) is 0 Å². The molecule has 1 heteroatoms. The predicted molar refractivity (Wildman–Crippen MR) is 82.9 cm³/mol. The van der Waals surface area contributed by atoms with Crippen molar-refractivity contribution in [1.82, 2.24) is 0 Å². The lowest BCUT2D eigenvalue weighted by molar-refractivity contribution is 0.541. The Labute approximate surface area is 110 Å². The number of hydrogen-bond acceptors (Lipinski definition) is 0. The highest BCUT2D eigenvalue weighted by Gasteiger charge is 2.29. The van der Waals surface area contributed by atoms with Gasteiger partial charge in [-0.05, 0) is 5.41 Å². The van der Waals surface area contributed by atoms with E-state index in [2.05, 4.69) is 74.4 Å². The lowest BCUT2D eigenvalue weighted by Crippen LogP contribution is -2.28. The molecule has 0 saturated carbocycles. The molecule has 0 nitrogen and oxygen atoms in total. The van der Waals surface area contributed by atoms with Gasteiger partial charge in [0.25, 0.3) is 0 Å². The molecule has 0 N–H and O–H groups in total. The molecule has 0 saturated heterocycles. The standard InChI is InChI=1S/C16H33B/c1-12(2)14(5)17(15(6)13(3)4)11-10-16(7,8)9/h10-15H,1-9H3. The first kappa shape index (κ1) is 16.8. The largest absolute Gasteiger partial charge is 0.172 e. The van der Waals surface area contributed by atoms with Gasteiger partial charge in [0.05, 0.1) is 0 Å². The third kappa shape index (κ3) is 6.34. The zero-order valence-corrected chi connectivity index (χ0v) is 13.5. The highest BCUT2D eigenvalue weighted by Crippen LogP contribution is 2.33. The van der Waals surface area contributed by atoms with Gasteiger partial charge in [-0.15, -0.1) is 5.98 Å². The van der Waals surface area contributed by atoms with Crippen LogP contribution in [0.1, 0.15) is 62.3 Å². The fourth-order valence-corrected chi connectivity index (χ4v) is 2.12. The Kier molecular flexibility index (Phi) is 6.58. The predicted octanol–water partition coefficient (Wildman–Crippen LogP) is 5.71. The lowest BCUT2D eigenvalue weighted by atomic mass is 9.31. The van der Waals surface area contributed by atoms with Gasteiger partial charge in [0.15, 0.2) is 6.71 Å². The first-order valence-corrected chi connectivity index (χ1v) is 7.25. The van der Waals surface area contributed by atoms with E-state index in [1.165, 1.54) is 0 Å². The van der Waals surface area contributed by atoms with Gasteiger partial charge in [-0.1, -0.05) is 91.9 Å². The minimum atomic E-state index is 0.297. The van der Waals surface area contributed by atoms with Crippen molar-refractivity contribution in [2.24, 2.45) is 17.3 Å². The summed E-state index contributed by atoms with van der Waals surface area (Å²) in [5.41, 5.74) is 0.297. The van der Waals surface area contributed by atoms with Crippen molar-refractivity contribution in [2.75, 3.05) is 0 Å². The SMILES string of the molecule is CC(C)C(C)B(C=CC(C)(C)C)C(C)C(C)C. The van der Waals surface area contributed by atoms with Gasteiger partial charge in [-0.25, -0.2) is 0 Å². The number of allylic oxidation sites excluding steroid dienone is 1. The van der Waals surface area contributed by atoms with E-state index in [4.69, 9.17) is 0 Å². The molecule has 0 spiro atoms. The second-order valence-electron chi connectivity index (χ2n) is 7.51. The van der Waals surface area contributed by atoms with E-state index in [1.807, 2.05) is 0 Å². The Bertz CT molecular complexity index is 218. The van der Waals surface area contributed by atoms with Crippen LogP contribution in [-0.4, -0.2) is 6.71 Å². The molecule has 0 aromatic carbocycles. The molecule has 0 aromatic heterocycles. The summed E-state index contributed by atoms with van der Waals surface area (Å²) >= 11 is 0. The van der Waals surface area contributed by atoms with Gasteiger partial charge < -0.3 is 0 Å². The van der Waals surface area contributed by atoms with Crippen LogP contribution in [0.3, 0.4) is 0 Å². The zero-order chi connectivity index (χ0) is 13.8. The quantitative estimate of drug-likeness (QED) is 0.536. The van der Waals surface area contributed by atoms with E-state index in [1.54, 1.807) is 0 Å². The summed E-state index contributed by atoms with van der Waals surface area (Å²) in [5.74, 6) is 5.50. The molecule has 0 fully saturated rings. The summed E-state index contributed by atoms with van der Waals surface area (Å²) in [6.45, 7) is 21.7. The van der Waals surface area contributed by atoms with E-state index in [9.17, 15) is 0 Å². The van der Waals surface area contributed by atoms with Crippen molar-refractivity contribution >= 4 is 6.71 Å². The normalized spacial score (nSPS) is 16.9. The summed E-state index contributed by atoms with van der Waals surface area (Å²) < 4.78 is 0. The van der Waals surface area contributed by atoms with Gasteiger partial charge in [0.1, 0.15) is 0 Å². The maximum absolute atomic E-state index is 2.48. The Morgan fingerprint density at radius 3 is 1.35 bits per heavy atom. The maximum atomic E-state index is 2.48. The van der Waals surface area contributed by atoms with Crippen molar-refractivity contribution < 1.29 is 0 Å². The molecule has 2 unspecified atom stereocenters. The highest BCUT2D eigenvalue weighted by atomic mass is 14.1. The first-order valence-electron chi connectivity index (χ1n) is 7.25. The topological polar surface area (TPSA) is 0 Å². The van der Waals surface area contributed by atoms with E-state index in [0.29, 0.717) is 12.1 Å². The van der Waals surface area contributed by atoms with Crippen molar-refractivity contribution in [3.05, 3.63) is 12.1 Å². The van der Waals surface area contributed by atoms with Crippen LogP contribution in [0.2, 0.25) is 11.6 Å². The Morgan fingerprint density at radius 1 is 0.765 bits per heavy atom. The van der Waals surface area contributed by atoms with Crippen LogP contribution in [0.5, 0.6) is 0 Å². The van der Waals surface area contributed by atoms with Gasteiger partial charge in [0, 0.05) is 0 Å². The monoisotopic (exact) mass is 236 g/mol. The van der Waals surface area contributed by atoms with Crippen LogP contribution in [0, 0.1) is 17.3 Å². The molecule has 0 aliphatic carbocycles. The molecular weight excluding hydrogens is 203 g/mol. The summed E-state index contributed by atoms with van der Waals surface area (Å²) in [6, 6.07) is 0. The molecule has 2 atom stereocenters. The van der Waals surface area contributed by atoms with E-state index >= 15 is 0 Å². The molecule has 0 aromatic rings. The van der Waals surface area contributed by atoms with Crippen LogP contribution in [0.15, 0.2) is 12.1 Å². The molecule has 100 valence electrons.